The molecule has 6 heteroatoms. The van der Waals surface area contributed by atoms with Gasteiger partial charge in [-0.05, 0) is 27.7 Å². The van der Waals surface area contributed by atoms with Gasteiger partial charge in [0.05, 0.1) is 12.7 Å². The number of hydrogen-bond acceptors (Lipinski definition) is 5. The monoisotopic (exact) mass is 252 g/mol. The predicted molar refractivity (Wildman–Crippen MR) is 63.1 cm³/mol. The molecule has 0 aliphatic rings. The van der Waals surface area contributed by atoms with Crippen LogP contribution in [0.3, 0.4) is 0 Å². The van der Waals surface area contributed by atoms with Crippen molar-refractivity contribution in [3.05, 3.63) is 0 Å². The third kappa shape index (κ3) is 5.93. The Morgan fingerprint density at radius 3 is 1.88 bits per heavy atom. The average Bonchev–Trinajstić information content (AvgIpc) is 2.27. The average molecular weight is 252 g/mol. The molecule has 1 atom stereocenters. The molecule has 0 heterocycles. The molecule has 0 aromatic rings. The van der Waals surface area contributed by atoms with Gasteiger partial charge in [-0.2, -0.15) is 0 Å². The predicted octanol–water partition coefficient (Wildman–Crippen LogP) is 1.58. The highest BCUT2D eigenvalue weighted by Crippen LogP contribution is 2.11. The van der Waals surface area contributed by atoms with Crippen molar-refractivity contribution in [1.29, 1.82) is 0 Å². The summed E-state index contributed by atoms with van der Waals surface area (Å²) in [5, 5.41) is 0. The molecule has 0 radical (unpaired) electrons. The van der Waals surface area contributed by atoms with E-state index in [0.717, 1.165) is 0 Å². The van der Waals surface area contributed by atoms with Gasteiger partial charge < -0.3 is 22.4 Å². The second-order valence-electron chi connectivity index (χ2n) is 3.15. The Balaban J connectivity index is 4.17. The molecule has 0 amide bonds. The minimum Gasteiger partial charge on any atom is -0.376 e. The summed E-state index contributed by atoms with van der Waals surface area (Å²) < 4.78 is 27.2. The fraction of sp³-hybridized carbons (Fsp3) is 1.00. The van der Waals surface area contributed by atoms with Gasteiger partial charge in [0.2, 0.25) is 0 Å². The first-order valence-electron chi connectivity index (χ1n) is 5.72. The summed E-state index contributed by atoms with van der Waals surface area (Å²) in [6.45, 7) is 9.73. The topological polar surface area (TPSA) is 46.2 Å². The highest BCUT2D eigenvalue weighted by atomic mass is 28.4. The van der Waals surface area contributed by atoms with E-state index in [0.29, 0.717) is 26.4 Å². The molecular formula is C10H24O5Si. The van der Waals surface area contributed by atoms with E-state index in [1.807, 2.05) is 27.7 Å². The third-order valence-corrected chi connectivity index (χ3v) is 4.14. The lowest BCUT2D eigenvalue weighted by molar-refractivity contribution is -0.0474. The summed E-state index contributed by atoms with van der Waals surface area (Å²) in [6, 6.07) is 0. The van der Waals surface area contributed by atoms with Gasteiger partial charge in [0, 0.05) is 26.9 Å². The molecule has 5 nitrogen and oxygen atoms in total. The maximum Gasteiger partial charge on any atom is 0.679 e. The molecule has 0 fully saturated rings. The van der Waals surface area contributed by atoms with E-state index in [1.165, 1.54) is 0 Å². The fourth-order valence-corrected chi connectivity index (χ4v) is 2.96. The normalized spacial score (nSPS) is 14.1. The van der Waals surface area contributed by atoms with Crippen molar-refractivity contribution in [1.82, 2.24) is 0 Å². The standard InChI is InChI=1S/C10H24O5Si/c1-6-12-10(4)9-15-16(11-5,13-7-2)14-8-3/h10H,6-9H2,1-5H3. The maximum atomic E-state index is 5.62. The van der Waals surface area contributed by atoms with Crippen LogP contribution in [0, 0.1) is 0 Å². The van der Waals surface area contributed by atoms with Gasteiger partial charge in [-0.15, -0.1) is 0 Å². The van der Waals surface area contributed by atoms with E-state index in [-0.39, 0.29) is 6.10 Å². The second-order valence-corrected chi connectivity index (χ2v) is 5.42. The summed E-state index contributed by atoms with van der Waals surface area (Å²) in [7, 11) is -1.40. The van der Waals surface area contributed by atoms with E-state index in [1.54, 1.807) is 7.11 Å². The van der Waals surface area contributed by atoms with E-state index in [2.05, 4.69) is 0 Å². The largest absolute Gasteiger partial charge is 0.679 e. The van der Waals surface area contributed by atoms with Crippen molar-refractivity contribution in [2.24, 2.45) is 0 Å². The molecule has 98 valence electrons. The first kappa shape index (κ1) is 16.0. The van der Waals surface area contributed by atoms with Crippen LogP contribution in [0.4, 0.5) is 0 Å². The highest BCUT2D eigenvalue weighted by molar-refractivity contribution is 6.53. The Morgan fingerprint density at radius 1 is 0.938 bits per heavy atom. The van der Waals surface area contributed by atoms with Crippen molar-refractivity contribution in [2.75, 3.05) is 33.5 Å². The lowest BCUT2D eigenvalue weighted by Crippen LogP contribution is -2.49. The molecule has 1 unspecified atom stereocenters. The van der Waals surface area contributed by atoms with Crippen molar-refractivity contribution in [3.8, 4) is 0 Å². The van der Waals surface area contributed by atoms with Crippen molar-refractivity contribution < 1.29 is 22.4 Å². The van der Waals surface area contributed by atoms with Crippen LogP contribution in [0.1, 0.15) is 27.7 Å². The van der Waals surface area contributed by atoms with E-state index in [4.69, 9.17) is 22.4 Å². The van der Waals surface area contributed by atoms with Crippen molar-refractivity contribution in [3.63, 3.8) is 0 Å². The van der Waals surface area contributed by atoms with Gasteiger partial charge >= 0.3 is 9.05 Å². The van der Waals surface area contributed by atoms with E-state index < -0.39 is 9.05 Å². The zero-order valence-electron chi connectivity index (χ0n) is 10.9. The summed E-state index contributed by atoms with van der Waals surface area (Å²) in [5.41, 5.74) is 0. The number of hydrogen-bond donors (Lipinski definition) is 0. The van der Waals surface area contributed by atoms with Crippen LogP contribution in [0.2, 0.25) is 0 Å². The Bertz CT molecular complexity index is 161. The first-order valence-corrected chi connectivity index (χ1v) is 7.36. The third-order valence-electron chi connectivity index (χ3n) is 1.84. The summed E-state index contributed by atoms with van der Waals surface area (Å²) in [4.78, 5) is 0. The Kier molecular flexibility index (Phi) is 9.10. The highest BCUT2D eigenvalue weighted by Gasteiger charge is 2.44. The molecule has 0 rings (SSSR count). The quantitative estimate of drug-likeness (QED) is 0.552. The SMILES string of the molecule is CCOC(C)CO[Si](OC)(OCC)OCC. The van der Waals surface area contributed by atoms with Gasteiger partial charge in [0.25, 0.3) is 0 Å². The zero-order chi connectivity index (χ0) is 12.4. The lowest BCUT2D eigenvalue weighted by Gasteiger charge is -2.26. The fourth-order valence-electron chi connectivity index (χ4n) is 1.21. The molecule has 0 aliphatic heterocycles. The summed E-state index contributed by atoms with van der Waals surface area (Å²) in [5.74, 6) is 0. The minimum absolute atomic E-state index is 0.00735. The van der Waals surface area contributed by atoms with Gasteiger partial charge in [-0.3, -0.25) is 0 Å². The summed E-state index contributed by atoms with van der Waals surface area (Å²) >= 11 is 0. The maximum absolute atomic E-state index is 5.62. The molecule has 16 heavy (non-hydrogen) atoms. The second kappa shape index (κ2) is 9.09. The Hall–Kier alpha value is 0.0169. The molecule has 0 aromatic heterocycles. The van der Waals surface area contributed by atoms with Gasteiger partial charge in [-0.25, -0.2) is 0 Å². The van der Waals surface area contributed by atoms with Gasteiger partial charge in [0.15, 0.2) is 0 Å². The lowest BCUT2D eigenvalue weighted by atomic mass is 10.4. The molecule has 0 spiro atoms. The molecule has 0 saturated heterocycles. The Morgan fingerprint density at radius 2 is 1.50 bits per heavy atom. The van der Waals surface area contributed by atoms with E-state index in [9.17, 15) is 0 Å². The smallest absolute Gasteiger partial charge is 0.376 e. The van der Waals surface area contributed by atoms with Crippen LogP contribution < -0.4 is 0 Å². The number of ether oxygens (including phenoxy) is 1. The summed E-state index contributed by atoms with van der Waals surface area (Å²) in [6.07, 6.45) is 0.00735. The van der Waals surface area contributed by atoms with Crippen LogP contribution in [0.15, 0.2) is 0 Å². The zero-order valence-corrected chi connectivity index (χ0v) is 11.9. The van der Waals surface area contributed by atoms with Crippen molar-refractivity contribution in [2.45, 2.75) is 33.8 Å². The van der Waals surface area contributed by atoms with Crippen molar-refractivity contribution >= 4 is 9.05 Å². The van der Waals surface area contributed by atoms with Crippen LogP contribution in [-0.4, -0.2) is 48.7 Å². The van der Waals surface area contributed by atoms with Crippen LogP contribution >= 0.6 is 0 Å². The van der Waals surface area contributed by atoms with Crippen LogP contribution in [0.5, 0.6) is 0 Å². The minimum atomic E-state index is -2.94. The van der Waals surface area contributed by atoms with Gasteiger partial charge in [0.1, 0.15) is 0 Å². The van der Waals surface area contributed by atoms with Crippen LogP contribution in [0.25, 0.3) is 0 Å². The Labute approximate surface area is 99.5 Å². The molecular weight excluding hydrogens is 228 g/mol. The molecule has 0 N–H and O–H groups in total. The van der Waals surface area contributed by atoms with Crippen LogP contribution in [-0.2, 0) is 22.4 Å². The first-order chi connectivity index (χ1) is 7.64. The van der Waals surface area contributed by atoms with Gasteiger partial charge in [-0.1, -0.05) is 0 Å². The molecule has 0 aromatic carbocycles. The molecule has 0 bridgehead atoms. The number of rotatable bonds is 10. The molecule has 0 saturated carbocycles. The van der Waals surface area contributed by atoms with E-state index >= 15 is 0 Å². The molecule has 0 aliphatic carbocycles.